The number of quaternary nitrogens is 1. The van der Waals surface area contributed by atoms with E-state index in [4.69, 9.17) is 5.11 Å². The average molecular weight is 548 g/mol. The molecule has 2 aromatic rings. The first-order valence-electron chi connectivity index (χ1n) is 13.7. The molecule has 0 saturated carbocycles. The van der Waals surface area contributed by atoms with Crippen LogP contribution in [0.2, 0.25) is 0 Å². The van der Waals surface area contributed by atoms with Gasteiger partial charge in [-0.3, -0.25) is 0 Å². The second-order valence-corrected chi connectivity index (χ2v) is 11.6. The Morgan fingerprint density at radius 2 is 1.03 bits per heavy atom. The number of carboxylic acids is 2. The number of carbonyl (C=O) groups is 2. The number of aromatic carboxylic acids is 2. The highest BCUT2D eigenvalue weighted by molar-refractivity contribution is 8.76. The van der Waals surface area contributed by atoms with Gasteiger partial charge in [0.25, 0.3) is 0 Å². The molecule has 0 unspecified atom stereocenters. The Morgan fingerprint density at radius 1 is 0.676 bits per heavy atom. The zero-order valence-corrected chi connectivity index (χ0v) is 24.7. The molecule has 0 atom stereocenters. The molecule has 1 N–H and O–H groups in total. The van der Waals surface area contributed by atoms with Crippen molar-refractivity contribution in [3.8, 4) is 0 Å². The quantitative estimate of drug-likeness (QED) is 0.163. The standard InChI is InChI=1S/C16H36N.C14H10O4S2/c1-5-9-13-17(14-10-6-2,15-11-7-3)16-12-8-4;15-13(16)9-5-1-3-7-11(9)19-20-12-8-4-2-6-10(12)14(17)18/h5-16H2,1-4H3;1-8H,(H,15,16)(H,17,18)/q+1;/p-1. The van der Waals surface area contributed by atoms with E-state index >= 15 is 0 Å². The summed E-state index contributed by atoms with van der Waals surface area (Å²) in [4.78, 5) is 23.2. The van der Waals surface area contributed by atoms with E-state index in [1.165, 1.54) is 116 Å². The van der Waals surface area contributed by atoms with Crippen molar-refractivity contribution in [3.05, 3.63) is 59.7 Å². The lowest BCUT2D eigenvalue weighted by molar-refractivity contribution is -0.929. The summed E-state index contributed by atoms with van der Waals surface area (Å²) in [6.07, 6.45) is 11.1. The Balaban J connectivity index is 0.000000377. The first-order chi connectivity index (χ1) is 17.8. The molecule has 0 radical (unpaired) electrons. The maximum absolute atomic E-state index is 11.1. The number of rotatable bonds is 17. The minimum Gasteiger partial charge on any atom is -0.545 e. The van der Waals surface area contributed by atoms with Crippen molar-refractivity contribution < 1.29 is 24.3 Å². The summed E-state index contributed by atoms with van der Waals surface area (Å²) in [7, 11) is 2.40. The Morgan fingerprint density at radius 3 is 1.38 bits per heavy atom. The van der Waals surface area contributed by atoms with Crippen LogP contribution in [0.5, 0.6) is 0 Å². The molecule has 2 aromatic carbocycles. The molecular weight excluding hydrogens is 502 g/mol. The number of carboxylic acid groups (broad SMARTS) is 2. The van der Waals surface area contributed by atoms with Gasteiger partial charge in [-0.2, -0.15) is 0 Å². The summed E-state index contributed by atoms with van der Waals surface area (Å²) < 4.78 is 1.42. The van der Waals surface area contributed by atoms with Gasteiger partial charge >= 0.3 is 5.97 Å². The van der Waals surface area contributed by atoms with Crippen molar-refractivity contribution in [2.45, 2.75) is 88.9 Å². The maximum atomic E-state index is 11.1. The molecule has 0 spiro atoms. The third kappa shape index (κ3) is 12.4. The van der Waals surface area contributed by atoms with Crippen molar-refractivity contribution in [3.63, 3.8) is 0 Å². The van der Waals surface area contributed by atoms with Gasteiger partial charge in [-0.1, -0.05) is 105 Å². The predicted molar refractivity (Wildman–Crippen MR) is 155 cm³/mol. The molecule has 0 fully saturated rings. The third-order valence-electron chi connectivity index (χ3n) is 6.39. The van der Waals surface area contributed by atoms with Crippen molar-refractivity contribution >= 4 is 33.5 Å². The summed E-state index contributed by atoms with van der Waals surface area (Å²) in [5.74, 6) is -2.26. The molecule has 0 aromatic heterocycles. The first-order valence-corrected chi connectivity index (χ1v) is 15.8. The zero-order valence-electron chi connectivity index (χ0n) is 23.0. The summed E-state index contributed by atoms with van der Waals surface area (Å²) in [5, 5.41) is 20.1. The van der Waals surface area contributed by atoms with Gasteiger partial charge in [-0.25, -0.2) is 4.79 Å². The van der Waals surface area contributed by atoms with Gasteiger partial charge in [-0.15, -0.1) is 0 Å². The number of unbranched alkanes of at least 4 members (excludes halogenated alkanes) is 4. The van der Waals surface area contributed by atoms with Crippen LogP contribution in [-0.4, -0.2) is 47.7 Å². The second-order valence-electron chi connectivity index (χ2n) is 9.40. The molecular formula is C30H45NO4S2. The highest BCUT2D eigenvalue weighted by Crippen LogP contribution is 2.40. The molecule has 5 nitrogen and oxygen atoms in total. The molecule has 0 saturated heterocycles. The molecule has 0 aliphatic heterocycles. The summed E-state index contributed by atoms with van der Waals surface area (Å²) >= 11 is 0. The van der Waals surface area contributed by atoms with Crippen LogP contribution in [0, 0.1) is 0 Å². The molecule has 2 rings (SSSR count). The number of benzene rings is 2. The fraction of sp³-hybridized carbons (Fsp3) is 0.533. The number of hydrogen-bond acceptors (Lipinski definition) is 5. The predicted octanol–water partition coefficient (Wildman–Crippen LogP) is 7.55. The molecule has 0 aliphatic carbocycles. The summed E-state index contributed by atoms with van der Waals surface area (Å²) in [5.41, 5.74) is 0.286. The van der Waals surface area contributed by atoms with Gasteiger partial charge in [0.15, 0.2) is 0 Å². The van der Waals surface area contributed by atoms with E-state index in [0.29, 0.717) is 9.79 Å². The summed E-state index contributed by atoms with van der Waals surface area (Å²) in [6.45, 7) is 15.0. The van der Waals surface area contributed by atoms with E-state index in [-0.39, 0.29) is 11.1 Å². The van der Waals surface area contributed by atoms with Gasteiger partial charge < -0.3 is 19.5 Å². The molecule has 0 heterocycles. The Bertz CT molecular complexity index is 840. The van der Waals surface area contributed by atoms with Crippen molar-refractivity contribution in [2.75, 3.05) is 26.2 Å². The minimum absolute atomic E-state index is 0.0952. The highest BCUT2D eigenvalue weighted by Gasteiger charge is 2.24. The van der Waals surface area contributed by atoms with Crippen LogP contribution in [0.4, 0.5) is 0 Å². The highest BCUT2D eigenvalue weighted by atomic mass is 33.1. The fourth-order valence-electron chi connectivity index (χ4n) is 4.16. The van der Waals surface area contributed by atoms with Crippen LogP contribution in [0.15, 0.2) is 58.3 Å². The minimum atomic E-state index is -1.25. The lowest BCUT2D eigenvalue weighted by Gasteiger charge is -2.39. The normalized spacial score (nSPS) is 11.0. The smallest absolute Gasteiger partial charge is 0.336 e. The van der Waals surface area contributed by atoms with Crippen LogP contribution in [0.1, 0.15) is 99.8 Å². The van der Waals surface area contributed by atoms with Crippen molar-refractivity contribution in [2.24, 2.45) is 0 Å². The number of hydrogen-bond donors (Lipinski definition) is 1. The third-order valence-corrected chi connectivity index (χ3v) is 8.87. The largest absolute Gasteiger partial charge is 0.545 e. The molecule has 7 heteroatoms. The molecule has 0 amide bonds. The SMILES string of the molecule is CCCC[N+](CCCC)(CCCC)CCCC.O=C([O-])c1ccccc1SSc1ccccc1C(=O)O. The maximum Gasteiger partial charge on any atom is 0.336 e. The van der Waals surface area contributed by atoms with E-state index in [1.807, 2.05) is 0 Å². The van der Waals surface area contributed by atoms with Crippen LogP contribution in [0.3, 0.4) is 0 Å². The van der Waals surface area contributed by atoms with Gasteiger partial charge in [-0.05, 0) is 43.9 Å². The number of nitrogens with zero attached hydrogens (tertiary/aromatic N) is 1. The van der Waals surface area contributed by atoms with E-state index < -0.39 is 11.9 Å². The lowest BCUT2D eigenvalue weighted by atomic mass is 10.1. The van der Waals surface area contributed by atoms with E-state index in [2.05, 4.69) is 27.7 Å². The topological polar surface area (TPSA) is 77.4 Å². The van der Waals surface area contributed by atoms with Crippen LogP contribution in [-0.2, 0) is 0 Å². The average Bonchev–Trinajstić information content (AvgIpc) is 2.91. The Hall–Kier alpha value is -1.96. The first kappa shape index (κ1) is 33.1. The van der Waals surface area contributed by atoms with Crippen LogP contribution < -0.4 is 5.11 Å². The lowest BCUT2D eigenvalue weighted by Crippen LogP contribution is -2.50. The van der Waals surface area contributed by atoms with Gasteiger partial charge in [0.2, 0.25) is 0 Å². The van der Waals surface area contributed by atoms with Gasteiger partial charge in [0.05, 0.1) is 37.7 Å². The van der Waals surface area contributed by atoms with E-state index in [0.717, 1.165) is 0 Å². The Kier molecular flexibility index (Phi) is 17.1. The van der Waals surface area contributed by atoms with Crippen molar-refractivity contribution in [1.82, 2.24) is 0 Å². The van der Waals surface area contributed by atoms with E-state index in [1.54, 1.807) is 36.4 Å². The van der Waals surface area contributed by atoms with Crippen LogP contribution >= 0.6 is 21.6 Å². The van der Waals surface area contributed by atoms with Crippen molar-refractivity contribution in [1.29, 1.82) is 0 Å². The second kappa shape index (κ2) is 19.2. The monoisotopic (exact) mass is 547 g/mol. The summed E-state index contributed by atoms with van der Waals surface area (Å²) in [6, 6.07) is 13.0. The van der Waals surface area contributed by atoms with Crippen LogP contribution in [0.25, 0.3) is 0 Å². The Labute approximate surface area is 232 Å². The molecule has 0 aliphatic rings. The molecule has 0 bridgehead atoms. The molecule has 37 heavy (non-hydrogen) atoms. The molecule has 206 valence electrons. The number of carbonyl (C=O) groups excluding carboxylic acids is 1. The fourth-order valence-corrected chi connectivity index (χ4v) is 6.50. The van der Waals surface area contributed by atoms with Gasteiger partial charge in [0, 0.05) is 15.4 Å². The van der Waals surface area contributed by atoms with E-state index in [9.17, 15) is 14.7 Å². The zero-order chi connectivity index (χ0) is 27.5. The van der Waals surface area contributed by atoms with Gasteiger partial charge in [0.1, 0.15) is 0 Å².